The summed E-state index contributed by atoms with van der Waals surface area (Å²) in [6.45, 7) is 3.34. The fourth-order valence-corrected chi connectivity index (χ4v) is 2.32. The molecule has 0 aliphatic heterocycles. The molecular weight excluding hydrogens is 344 g/mol. The van der Waals surface area contributed by atoms with Crippen molar-refractivity contribution in [2.24, 2.45) is 5.10 Å². The summed E-state index contributed by atoms with van der Waals surface area (Å²) < 4.78 is 10.5. The molecule has 1 N–H and O–H groups in total. The minimum absolute atomic E-state index is 0.142. The molecule has 2 aromatic rings. The fraction of sp³-hybridized carbons (Fsp3) is 0.286. The second-order valence-corrected chi connectivity index (χ2v) is 5.96. The highest BCUT2D eigenvalue weighted by Crippen LogP contribution is 2.16. The van der Waals surface area contributed by atoms with Crippen LogP contribution < -0.4 is 14.9 Å². The van der Waals surface area contributed by atoms with E-state index in [9.17, 15) is 9.59 Å². The number of amides is 1. The van der Waals surface area contributed by atoms with Gasteiger partial charge in [-0.2, -0.15) is 5.10 Å². The van der Waals surface area contributed by atoms with Gasteiger partial charge in [0.1, 0.15) is 11.5 Å². The summed E-state index contributed by atoms with van der Waals surface area (Å²) in [5, 5.41) is 3.87. The van der Waals surface area contributed by atoms with E-state index in [4.69, 9.17) is 9.47 Å². The third-order valence-electron chi connectivity index (χ3n) is 3.68. The quantitative estimate of drug-likeness (QED) is 0.318. The molecule has 0 fully saturated rings. The molecule has 6 nitrogen and oxygen atoms in total. The maximum atomic E-state index is 11.8. The van der Waals surface area contributed by atoms with Crippen LogP contribution in [0.25, 0.3) is 0 Å². The molecule has 0 radical (unpaired) electrons. The molecular formula is C21H24N2O4. The number of aryl methyl sites for hydroxylation is 1. The van der Waals surface area contributed by atoms with Crippen LogP contribution in [-0.4, -0.2) is 24.7 Å². The molecule has 0 saturated carbocycles. The van der Waals surface area contributed by atoms with E-state index in [-0.39, 0.29) is 12.5 Å². The lowest BCUT2D eigenvalue weighted by Gasteiger charge is -2.07. The van der Waals surface area contributed by atoms with Gasteiger partial charge in [0.2, 0.25) is 0 Å². The zero-order valence-electron chi connectivity index (χ0n) is 15.6. The Morgan fingerprint density at radius 3 is 2.56 bits per heavy atom. The summed E-state index contributed by atoms with van der Waals surface area (Å²) in [7, 11) is 0. The number of carbonyl (C=O) groups excluding carboxylic acids is 2. The van der Waals surface area contributed by atoms with Gasteiger partial charge in [-0.25, -0.2) is 5.43 Å². The number of nitrogens with one attached hydrogen (secondary N) is 1. The van der Waals surface area contributed by atoms with Crippen LogP contribution in [0.1, 0.15) is 37.8 Å². The number of hydrogen-bond acceptors (Lipinski definition) is 5. The van der Waals surface area contributed by atoms with Crippen molar-refractivity contribution in [3.63, 3.8) is 0 Å². The van der Waals surface area contributed by atoms with E-state index in [2.05, 4.69) is 17.5 Å². The number of para-hydroxylation sites is 1. The second kappa shape index (κ2) is 10.8. The number of rotatable bonds is 9. The number of nitrogens with zero attached hydrogens (tertiary/aromatic N) is 1. The molecule has 27 heavy (non-hydrogen) atoms. The Labute approximate surface area is 159 Å². The Balaban J connectivity index is 1.81. The summed E-state index contributed by atoms with van der Waals surface area (Å²) in [6.07, 6.45) is 4.77. The Kier molecular flexibility index (Phi) is 8.03. The van der Waals surface area contributed by atoms with Gasteiger partial charge in [0, 0.05) is 12.5 Å². The fourth-order valence-electron chi connectivity index (χ4n) is 2.32. The summed E-state index contributed by atoms with van der Waals surface area (Å²) >= 11 is 0. The lowest BCUT2D eigenvalue weighted by molar-refractivity contribution is -0.132. The number of hydrogen-bond donors (Lipinski definition) is 1. The Hall–Kier alpha value is -3.15. The molecule has 0 atom stereocenters. The van der Waals surface area contributed by atoms with Gasteiger partial charge in [0.15, 0.2) is 6.61 Å². The highest BCUT2D eigenvalue weighted by molar-refractivity contribution is 5.86. The van der Waals surface area contributed by atoms with Crippen molar-refractivity contribution in [2.45, 2.75) is 33.1 Å². The molecule has 1 amide bonds. The second-order valence-electron chi connectivity index (χ2n) is 5.96. The zero-order chi connectivity index (χ0) is 19.5. The maximum absolute atomic E-state index is 11.8. The van der Waals surface area contributed by atoms with Gasteiger partial charge < -0.3 is 9.47 Å². The first-order valence-corrected chi connectivity index (χ1v) is 8.89. The van der Waals surface area contributed by atoms with Crippen molar-refractivity contribution in [1.82, 2.24) is 5.43 Å². The normalized spacial score (nSPS) is 10.6. The van der Waals surface area contributed by atoms with Crippen LogP contribution in [0, 0.1) is 0 Å². The average molecular weight is 368 g/mol. The summed E-state index contributed by atoms with van der Waals surface area (Å²) in [4.78, 5) is 22.9. The zero-order valence-corrected chi connectivity index (χ0v) is 15.6. The van der Waals surface area contributed by atoms with Crippen molar-refractivity contribution in [3.05, 3.63) is 59.7 Å². The standard InChI is InChI=1S/C21H24N2O4/c1-3-4-7-17-10-12-19(13-11-17)26-15-21(25)23-22-14-18-8-5-6-9-20(18)27-16(2)24/h5-6,8-14H,3-4,7,15H2,1-2H3,(H,23,25). The molecule has 0 aliphatic carbocycles. The highest BCUT2D eigenvalue weighted by Gasteiger charge is 2.04. The first-order valence-electron chi connectivity index (χ1n) is 8.89. The highest BCUT2D eigenvalue weighted by atomic mass is 16.5. The maximum Gasteiger partial charge on any atom is 0.308 e. The van der Waals surface area contributed by atoms with E-state index >= 15 is 0 Å². The van der Waals surface area contributed by atoms with Crippen LogP contribution in [0.2, 0.25) is 0 Å². The summed E-state index contributed by atoms with van der Waals surface area (Å²) in [6, 6.07) is 14.6. The average Bonchev–Trinajstić information content (AvgIpc) is 2.66. The lowest BCUT2D eigenvalue weighted by Crippen LogP contribution is -2.24. The van der Waals surface area contributed by atoms with Gasteiger partial charge >= 0.3 is 5.97 Å². The van der Waals surface area contributed by atoms with Gasteiger partial charge in [-0.15, -0.1) is 0 Å². The van der Waals surface area contributed by atoms with E-state index < -0.39 is 5.97 Å². The van der Waals surface area contributed by atoms with Crippen molar-refractivity contribution < 1.29 is 19.1 Å². The molecule has 0 bridgehead atoms. The van der Waals surface area contributed by atoms with Crippen molar-refractivity contribution >= 4 is 18.1 Å². The first kappa shape index (κ1) is 20.2. The van der Waals surface area contributed by atoms with Crippen LogP contribution >= 0.6 is 0 Å². The lowest BCUT2D eigenvalue weighted by atomic mass is 10.1. The minimum atomic E-state index is -0.422. The van der Waals surface area contributed by atoms with Crippen molar-refractivity contribution in [2.75, 3.05) is 6.61 Å². The summed E-state index contributed by atoms with van der Waals surface area (Å²) in [5.74, 6) is 0.206. The van der Waals surface area contributed by atoms with Crippen LogP contribution in [0.15, 0.2) is 53.6 Å². The van der Waals surface area contributed by atoms with Crippen LogP contribution in [0.5, 0.6) is 11.5 Å². The molecule has 0 spiro atoms. The molecule has 0 saturated heterocycles. The molecule has 0 aromatic heterocycles. The van der Waals surface area contributed by atoms with Gasteiger partial charge in [-0.05, 0) is 42.7 Å². The van der Waals surface area contributed by atoms with Crippen LogP contribution in [-0.2, 0) is 16.0 Å². The largest absolute Gasteiger partial charge is 0.484 e. The Morgan fingerprint density at radius 2 is 1.85 bits per heavy atom. The van der Waals surface area contributed by atoms with E-state index in [1.165, 1.54) is 18.7 Å². The van der Waals surface area contributed by atoms with E-state index in [0.29, 0.717) is 17.1 Å². The Bertz CT molecular complexity index is 785. The third kappa shape index (κ3) is 7.32. The number of unbranched alkanes of at least 4 members (excludes halogenated alkanes) is 1. The van der Waals surface area contributed by atoms with E-state index in [1.54, 1.807) is 24.3 Å². The molecule has 6 heteroatoms. The van der Waals surface area contributed by atoms with E-state index in [0.717, 1.165) is 19.3 Å². The number of benzene rings is 2. The number of hydrazone groups is 1. The minimum Gasteiger partial charge on any atom is -0.484 e. The summed E-state index contributed by atoms with van der Waals surface area (Å²) in [5.41, 5.74) is 4.22. The molecule has 0 heterocycles. The van der Waals surface area contributed by atoms with Gasteiger partial charge in [-0.1, -0.05) is 37.6 Å². The molecule has 0 aliphatic rings. The van der Waals surface area contributed by atoms with Crippen LogP contribution in [0.4, 0.5) is 0 Å². The molecule has 2 aromatic carbocycles. The van der Waals surface area contributed by atoms with Crippen LogP contribution in [0.3, 0.4) is 0 Å². The smallest absolute Gasteiger partial charge is 0.308 e. The van der Waals surface area contributed by atoms with Gasteiger partial charge in [0.25, 0.3) is 5.91 Å². The topological polar surface area (TPSA) is 77.0 Å². The predicted octanol–water partition coefficient (Wildman–Crippen LogP) is 3.48. The first-order chi connectivity index (χ1) is 13.1. The molecule has 142 valence electrons. The third-order valence-corrected chi connectivity index (χ3v) is 3.68. The molecule has 0 unspecified atom stereocenters. The molecule has 2 rings (SSSR count). The number of ether oxygens (including phenoxy) is 2. The van der Waals surface area contributed by atoms with Crippen molar-refractivity contribution in [1.29, 1.82) is 0 Å². The SMILES string of the molecule is CCCCc1ccc(OCC(=O)NN=Cc2ccccc2OC(C)=O)cc1. The van der Waals surface area contributed by atoms with E-state index in [1.807, 2.05) is 24.3 Å². The predicted molar refractivity (Wildman–Crippen MR) is 104 cm³/mol. The van der Waals surface area contributed by atoms with Crippen molar-refractivity contribution in [3.8, 4) is 11.5 Å². The monoisotopic (exact) mass is 368 g/mol. The van der Waals surface area contributed by atoms with Gasteiger partial charge in [-0.3, -0.25) is 9.59 Å². The Morgan fingerprint density at radius 1 is 1.11 bits per heavy atom. The number of carbonyl (C=O) groups is 2. The van der Waals surface area contributed by atoms with Gasteiger partial charge in [0.05, 0.1) is 6.21 Å². The number of esters is 1.